The Morgan fingerprint density at radius 3 is 2.62 bits per heavy atom. The van der Waals surface area contributed by atoms with Crippen LogP contribution in [0, 0.1) is 0 Å². The highest BCUT2D eigenvalue weighted by Gasteiger charge is 2.41. The van der Waals surface area contributed by atoms with Crippen LogP contribution in [0.2, 0.25) is 0 Å². The molecule has 1 aliphatic heterocycles. The fraction of sp³-hybridized carbons (Fsp3) is 0.667. The quantitative estimate of drug-likeness (QED) is 0.393. The van der Waals surface area contributed by atoms with Gasteiger partial charge in [0, 0.05) is 19.6 Å². The van der Waals surface area contributed by atoms with E-state index in [4.69, 9.17) is 4.42 Å². The second-order valence-electron chi connectivity index (χ2n) is 7.68. The first-order valence-corrected chi connectivity index (χ1v) is 8.62. The lowest BCUT2D eigenvalue weighted by molar-refractivity contribution is -0.145. The number of nitrogens with one attached hydrogen (secondary N) is 1. The van der Waals surface area contributed by atoms with Crippen molar-refractivity contribution in [3.8, 4) is 0 Å². The molecule has 1 aromatic rings. The molecule has 2 N–H and O–H groups in total. The fourth-order valence-corrected chi connectivity index (χ4v) is 3.57. The summed E-state index contributed by atoms with van der Waals surface area (Å²) in [5, 5.41) is 13.7. The predicted molar refractivity (Wildman–Crippen MR) is 113 cm³/mol. The summed E-state index contributed by atoms with van der Waals surface area (Å²) in [4.78, 5) is 20.7. The van der Waals surface area contributed by atoms with Crippen molar-refractivity contribution in [2.24, 2.45) is 4.99 Å². The molecule has 0 bridgehead atoms. The molecule has 26 heavy (non-hydrogen) atoms. The first-order valence-electron chi connectivity index (χ1n) is 8.62. The normalized spacial score (nSPS) is 20.0. The zero-order valence-electron chi connectivity index (χ0n) is 16.4. The molecule has 0 spiro atoms. The van der Waals surface area contributed by atoms with E-state index < -0.39 is 5.60 Å². The maximum atomic E-state index is 12.6. The Morgan fingerprint density at radius 1 is 1.50 bits per heavy atom. The van der Waals surface area contributed by atoms with Gasteiger partial charge in [-0.05, 0) is 46.8 Å². The number of guanidine groups is 1. The monoisotopic (exact) mass is 478 g/mol. The molecule has 1 aliphatic rings. The van der Waals surface area contributed by atoms with E-state index in [9.17, 15) is 9.90 Å². The highest BCUT2D eigenvalue weighted by atomic mass is 127. The molecular formula is C18H31IN4O3. The maximum absolute atomic E-state index is 12.6. The zero-order valence-corrected chi connectivity index (χ0v) is 18.8. The Hall–Kier alpha value is -1.29. The van der Waals surface area contributed by atoms with Crippen molar-refractivity contribution in [3.05, 3.63) is 24.2 Å². The first-order chi connectivity index (χ1) is 11.6. The van der Waals surface area contributed by atoms with Crippen LogP contribution in [0.4, 0.5) is 0 Å². The number of aliphatic imine (C=N–C) groups is 1. The van der Waals surface area contributed by atoms with Crippen LogP contribution in [0.15, 0.2) is 27.8 Å². The van der Waals surface area contributed by atoms with Crippen LogP contribution in [0.5, 0.6) is 0 Å². The van der Waals surface area contributed by atoms with Crippen LogP contribution in [-0.4, -0.2) is 65.0 Å². The summed E-state index contributed by atoms with van der Waals surface area (Å²) in [6.07, 6.45) is 1.53. The fourth-order valence-electron chi connectivity index (χ4n) is 3.57. The molecular weight excluding hydrogens is 447 g/mol. The molecule has 1 aromatic heterocycles. The second-order valence-corrected chi connectivity index (χ2v) is 7.68. The standard InChI is InChI=1S/C18H30N4O3.HI/c1-13(2)22-15(23)10-21(12-17(22,3)4)16(19-6)20-11-18(5,24)14-8-7-9-25-14;/h7-9,13,24H,10-12H2,1-6H3,(H,19,20);1H. The number of amides is 1. The lowest BCUT2D eigenvalue weighted by atomic mass is 9.96. The zero-order chi connectivity index (χ0) is 18.8. The lowest BCUT2D eigenvalue weighted by Gasteiger charge is -2.49. The van der Waals surface area contributed by atoms with Crippen molar-refractivity contribution in [1.29, 1.82) is 0 Å². The highest BCUT2D eigenvalue weighted by molar-refractivity contribution is 14.0. The summed E-state index contributed by atoms with van der Waals surface area (Å²) in [5.41, 5.74) is -1.47. The highest BCUT2D eigenvalue weighted by Crippen LogP contribution is 2.25. The van der Waals surface area contributed by atoms with Gasteiger partial charge in [-0.25, -0.2) is 0 Å². The molecule has 1 fully saturated rings. The third kappa shape index (κ3) is 4.91. The third-order valence-electron chi connectivity index (χ3n) is 4.50. The van der Waals surface area contributed by atoms with Gasteiger partial charge in [0.1, 0.15) is 11.4 Å². The summed E-state index contributed by atoms with van der Waals surface area (Å²) < 4.78 is 5.30. The van der Waals surface area contributed by atoms with Gasteiger partial charge in [0.2, 0.25) is 5.91 Å². The number of nitrogens with zero attached hydrogens (tertiary/aromatic N) is 3. The average molecular weight is 478 g/mol. The van der Waals surface area contributed by atoms with Crippen LogP contribution in [0.3, 0.4) is 0 Å². The molecule has 148 valence electrons. The summed E-state index contributed by atoms with van der Waals surface area (Å²) in [7, 11) is 1.68. The number of carbonyl (C=O) groups is 1. The number of hydrogen-bond acceptors (Lipinski definition) is 4. The Morgan fingerprint density at radius 2 is 2.15 bits per heavy atom. The van der Waals surface area contributed by atoms with E-state index in [1.165, 1.54) is 6.26 Å². The Balaban J connectivity index is 0.00000338. The Labute approximate surface area is 172 Å². The first kappa shape index (κ1) is 22.8. The van der Waals surface area contributed by atoms with Crippen molar-refractivity contribution in [3.63, 3.8) is 0 Å². The van der Waals surface area contributed by atoms with Crippen LogP contribution < -0.4 is 5.32 Å². The molecule has 0 aliphatic carbocycles. The minimum absolute atomic E-state index is 0. The van der Waals surface area contributed by atoms with E-state index in [0.717, 1.165) is 0 Å². The number of aliphatic hydroxyl groups is 1. The third-order valence-corrected chi connectivity index (χ3v) is 4.50. The number of halogens is 1. The number of carbonyl (C=O) groups excluding carboxylic acids is 1. The molecule has 1 saturated heterocycles. The van der Waals surface area contributed by atoms with Crippen LogP contribution in [-0.2, 0) is 10.4 Å². The van der Waals surface area contributed by atoms with Gasteiger partial charge in [0.25, 0.3) is 0 Å². The van der Waals surface area contributed by atoms with Gasteiger partial charge < -0.3 is 24.6 Å². The van der Waals surface area contributed by atoms with Crippen LogP contribution >= 0.6 is 24.0 Å². The largest absolute Gasteiger partial charge is 0.466 e. The molecule has 0 radical (unpaired) electrons. The molecule has 1 unspecified atom stereocenters. The summed E-state index contributed by atoms with van der Waals surface area (Å²) >= 11 is 0. The molecule has 0 saturated carbocycles. The number of furan rings is 1. The number of rotatable bonds is 4. The van der Waals surface area contributed by atoms with E-state index in [-0.39, 0.29) is 54.6 Å². The van der Waals surface area contributed by atoms with E-state index >= 15 is 0 Å². The van der Waals surface area contributed by atoms with Gasteiger partial charge in [-0.15, -0.1) is 24.0 Å². The van der Waals surface area contributed by atoms with Crippen LogP contribution in [0.1, 0.15) is 40.4 Å². The smallest absolute Gasteiger partial charge is 0.242 e. The Kier molecular flexibility index (Phi) is 7.52. The SMILES string of the molecule is CN=C(NCC(C)(O)c1ccco1)N1CC(=O)N(C(C)C)C(C)(C)C1.I. The second kappa shape index (κ2) is 8.60. The van der Waals surface area contributed by atoms with Crippen molar-refractivity contribution in [2.75, 3.05) is 26.7 Å². The van der Waals surface area contributed by atoms with Gasteiger partial charge in [-0.1, -0.05) is 0 Å². The molecule has 8 heteroatoms. The lowest BCUT2D eigenvalue weighted by Crippen LogP contribution is -2.66. The van der Waals surface area contributed by atoms with E-state index in [0.29, 0.717) is 18.3 Å². The van der Waals surface area contributed by atoms with Crippen molar-refractivity contribution >= 4 is 35.8 Å². The van der Waals surface area contributed by atoms with Crippen molar-refractivity contribution in [1.82, 2.24) is 15.1 Å². The number of hydrogen-bond donors (Lipinski definition) is 2. The molecule has 0 aromatic carbocycles. The van der Waals surface area contributed by atoms with E-state index in [1.54, 1.807) is 26.1 Å². The van der Waals surface area contributed by atoms with E-state index in [2.05, 4.69) is 24.2 Å². The predicted octanol–water partition coefficient (Wildman–Crippen LogP) is 2.01. The molecule has 2 rings (SSSR count). The van der Waals surface area contributed by atoms with Crippen LogP contribution in [0.25, 0.3) is 0 Å². The van der Waals surface area contributed by atoms with Crippen molar-refractivity contribution < 1.29 is 14.3 Å². The van der Waals surface area contributed by atoms with Gasteiger partial charge in [-0.2, -0.15) is 0 Å². The summed E-state index contributed by atoms with van der Waals surface area (Å²) in [5.74, 6) is 1.15. The number of piperazine rings is 1. The molecule has 1 atom stereocenters. The molecule has 7 nitrogen and oxygen atoms in total. The minimum Gasteiger partial charge on any atom is -0.466 e. The van der Waals surface area contributed by atoms with Gasteiger partial charge >= 0.3 is 0 Å². The topological polar surface area (TPSA) is 81.3 Å². The van der Waals surface area contributed by atoms with E-state index in [1.807, 2.05) is 23.6 Å². The minimum atomic E-state index is -1.17. The van der Waals surface area contributed by atoms with Gasteiger partial charge in [0.05, 0.1) is 24.9 Å². The van der Waals surface area contributed by atoms with Gasteiger partial charge in [-0.3, -0.25) is 9.79 Å². The summed E-state index contributed by atoms with van der Waals surface area (Å²) in [6.45, 7) is 11.0. The van der Waals surface area contributed by atoms with Crippen molar-refractivity contribution in [2.45, 2.75) is 51.8 Å². The molecule has 2 heterocycles. The van der Waals surface area contributed by atoms with Gasteiger partial charge in [0.15, 0.2) is 5.96 Å². The average Bonchev–Trinajstić information content (AvgIpc) is 3.00. The maximum Gasteiger partial charge on any atom is 0.242 e. The summed E-state index contributed by atoms with van der Waals surface area (Å²) in [6, 6.07) is 3.63. The molecule has 1 amide bonds. The Bertz CT molecular complexity index is 626.